The van der Waals surface area contributed by atoms with Crippen molar-refractivity contribution in [2.24, 2.45) is 22.6 Å². The molecule has 1 amide bonds. The molecule has 4 unspecified atom stereocenters. The molecule has 7 N–H and O–H groups in total. The third-order valence-corrected chi connectivity index (χ3v) is 7.30. The number of amidine groups is 1. The van der Waals surface area contributed by atoms with Crippen molar-refractivity contribution in [2.75, 3.05) is 5.73 Å². The number of aliphatic hydroxyl groups is 1. The summed E-state index contributed by atoms with van der Waals surface area (Å²) in [5.41, 5.74) is 15.5. The van der Waals surface area contributed by atoms with Crippen molar-refractivity contribution >= 4 is 29.5 Å². The van der Waals surface area contributed by atoms with Gasteiger partial charge in [-0.05, 0) is 35.7 Å². The topological polar surface area (TPSA) is 174 Å². The summed E-state index contributed by atoms with van der Waals surface area (Å²) < 4.78 is 1.63. The standard InChI is InChI=1S/C22H23N9O2/c23-9-27-20(25)22(33)30-12-3-13(18-14(4-12)19(18)30)16-5-17(24)31-21(29-16)15(7-28-31)10-1-2-11(8-32)26-6-10/h1-2,5-7,9,12-14,18-19,32H,3-4,8,24H2,(H3,23,25,27)/p+1/t12?,13?,14?,18?,19-/m0/s1. The summed E-state index contributed by atoms with van der Waals surface area (Å²) >= 11 is 0. The molecule has 2 saturated carbocycles. The first-order valence-corrected chi connectivity index (χ1v) is 10.9. The minimum Gasteiger partial charge on any atom is -0.390 e. The van der Waals surface area contributed by atoms with E-state index >= 15 is 0 Å². The lowest BCUT2D eigenvalue weighted by Gasteiger charge is -2.37. The van der Waals surface area contributed by atoms with E-state index in [1.54, 1.807) is 23.0 Å². The number of anilines is 1. The van der Waals surface area contributed by atoms with Gasteiger partial charge in [-0.3, -0.25) is 15.2 Å². The molecule has 11 heteroatoms. The molecule has 0 aromatic carbocycles. The van der Waals surface area contributed by atoms with Crippen LogP contribution in [0.25, 0.3) is 16.8 Å². The molecule has 2 saturated heterocycles. The number of amides is 1. The van der Waals surface area contributed by atoms with E-state index in [1.807, 2.05) is 17.0 Å². The lowest BCUT2D eigenvalue weighted by molar-refractivity contribution is -0.146. The van der Waals surface area contributed by atoms with Crippen LogP contribution >= 0.6 is 0 Å². The number of piperidine rings is 2. The van der Waals surface area contributed by atoms with Crippen LogP contribution < -0.4 is 16.9 Å². The van der Waals surface area contributed by atoms with E-state index in [4.69, 9.17) is 21.9 Å². The molecule has 2 aliphatic carbocycles. The second kappa shape index (κ2) is 7.07. The maximum absolute atomic E-state index is 12.8. The molecule has 33 heavy (non-hydrogen) atoms. The van der Waals surface area contributed by atoms with Crippen LogP contribution in [0.2, 0.25) is 0 Å². The molecule has 4 bridgehead atoms. The number of nitrogen functional groups attached to an aromatic ring is 1. The molecular formula is C22H24N9O2+. The summed E-state index contributed by atoms with van der Waals surface area (Å²) in [5, 5.41) is 19.5. The molecule has 4 fully saturated rings. The van der Waals surface area contributed by atoms with Gasteiger partial charge in [-0.25, -0.2) is 4.98 Å². The second-order valence-corrected chi connectivity index (χ2v) is 8.94. The first kappa shape index (κ1) is 19.8. The fourth-order valence-corrected chi connectivity index (χ4v) is 5.90. The van der Waals surface area contributed by atoms with E-state index < -0.39 is 0 Å². The highest BCUT2D eigenvalue weighted by atomic mass is 16.3. The fourth-order valence-electron chi connectivity index (χ4n) is 5.90. The van der Waals surface area contributed by atoms with Crippen molar-refractivity contribution in [3.8, 4) is 11.1 Å². The van der Waals surface area contributed by atoms with Crippen LogP contribution in [0.5, 0.6) is 0 Å². The van der Waals surface area contributed by atoms with Gasteiger partial charge in [0.1, 0.15) is 5.82 Å². The third kappa shape index (κ3) is 2.85. The highest BCUT2D eigenvalue weighted by Crippen LogP contribution is 2.65. The van der Waals surface area contributed by atoms with Crippen LogP contribution in [0.4, 0.5) is 5.82 Å². The number of carbonyl (C=O) groups excluding carboxylic acids is 1. The summed E-state index contributed by atoms with van der Waals surface area (Å²) in [5.74, 6) is 1.20. The molecular weight excluding hydrogens is 422 g/mol. The van der Waals surface area contributed by atoms with Crippen molar-refractivity contribution in [2.45, 2.75) is 37.5 Å². The Kier molecular flexibility index (Phi) is 4.24. The van der Waals surface area contributed by atoms with Gasteiger partial charge in [0.05, 0.1) is 24.2 Å². The van der Waals surface area contributed by atoms with Gasteiger partial charge in [0, 0.05) is 41.4 Å². The summed E-state index contributed by atoms with van der Waals surface area (Å²) in [6.07, 6.45) is 6.27. The average Bonchev–Trinajstić information content (AvgIpc) is 3.22. The highest BCUT2D eigenvalue weighted by molar-refractivity contribution is 6.36. The van der Waals surface area contributed by atoms with Gasteiger partial charge >= 0.3 is 11.7 Å². The van der Waals surface area contributed by atoms with E-state index in [0.717, 1.165) is 36.0 Å². The number of carbonyl (C=O) groups is 1. The Balaban J connectivity index is 1.33. The first-order valence-electron chi connectivity index (χ1n) is 10.9. The lowest BCUT2D eigenvalue weighted by Crippen LogP contribution is -2.54. The fraction of sp³-hybridized carbons (Fsp3) is 0.364. The molecule has 11 nitrogen and oxygen atoms in total. The zero-order valence-corrected chi connectivity index (χ0v) is 17.7. The van der Waals surface area contributed by atoms with Crippen LogP contribution in [-0.4, -0.2) is 59.8 Å². The number of aliphatic imine (C=N–C) groups is 1. The Morgan fingerprint density at radius 2 is 2.18 bits per heavy atom. The highest BCUT2D eigenvalue weighted by Gasteiger charge is 2.69. The predicted molar refractivity (Wildman–Crippen MR) is 120 cm³/mol. The van der Waals surface area contributed by atoms with Gasteiger partial charge in [0.25, 0.3) is 0 Å². The van der Waals surface area contributed by atoms with Crippen molar-refractivity contribution in [3.05, 3.63) is 42.0 Å². The molecule has 2 aliphatic heterocycles. The number of aliphatic hydroxyl groups excluding tert-OH is 1. The number of fused-ring (bicyclic) bond motifs is 2. The summed E-state index contributed by atoms with van der Waals surface area (Å²) in [6.45, 7) is -0.113. The molecule has 0 radical (unpaired) electrons. The van der Waals surface area contributed by atoms with Crippen LogP contribution in [-0.2, 0) is 11.4 Å². The third-order valence-electron chi connectivity index (χ3n) is 7.30. The summed E-state index contributed by atoms with van der Waals surface area (Å²) in [6, 6.07) is 5.83. The minimum atomic E-state index is -0.241. The van der Waals surface area contributed by atoms with Gasteiger partial charge in [0.15, 0.2) is 5.65 Å². The van der Waals surface area contributed by atoms with E-state index in [-0.39, 0.29) is 36.4 Å². The molecule has 3 aromatic rings. The summed E-state index contributed by atoms with van der Waals surface area (Å²) in [4.78, 5) is 27.7. The largest absolute Gasteiger partial charge is 0.390 e. The maximum Gasteiger partial charge on any atom is 0.381 e. The molecule has 5 heterocycles. The Hall–Kier alpha value is -3.86. The zero-order valence-electron chi connectivity index (χ0n) is 17.7. The van der Waals surface area contributed by atoms with E-state index in [0.29, 0.717) is 29.0 Å². The number of nitrogens with zero attached hydrogens (tertiary/aromatic N) is 6. The first-order chi connectivity index (χ1) is 16.0. The second-order valence-electron chi connectivity index (χ2n) is 8.94. The van der Waals surface area contributed by atoms with E-state index in [9.17, 15) is 9.90 Å². The number of hydrogen-bond acceptors (Lipinski definition) is 6. The van der Waals surface area contributed by atoms with E-state index in [1.165, 1.54) is 0 Å². The lowest BCUT2D eigenvalue weighted by atomic mass is 9.81. The van der Waals surface area contributed by atoms with Crippen molar-refractivity contribution in [3.63, 3.8) is 0 Å². The minimum absolute atomic E-state index is 0.0687. The van der Waals surface area contributed by atoms with E-state index in [2.05, 4.69) is 15.1 Å². The Morgan fingerprint density at radius 3 is 2.88 bits per heavy atom. The van der Waals surface area contributed by atoms with Crippen molar-refractivity contribution in [1.82, 2.24) is 24.5 Å². The Morgan fingerprint density at radius 1 is 1.33 bits per heavy atom. The Bertz CT molecular complexity index is 1310. The quantitative estimate of drug-likeness (QED) is 0.286. The number of rotatable bonds is 3. The normalized spacial score (nSPS) is 27.4. The molecule has 168 valence electrons. The molecule has 5 atom stereocenters. The number of pyridine rings is 1. The van der Waals surface area contributed by atoms with Crippen LogP contribution in [0, 0.1) is 11.8 Å². The SMILES string of the molecule is NC=NC(=[NH2+])C(=O)N1C2CC(c3cc(N)n4ncc(-c5ccc(CO)nc5)c4n3)C3C(C2)[C@@H]31. The van der Waals surface area contributed by atoms with Crippen LogP contribution in [0.15, 0.2) is 35.6 Å². The molecule has 3 aromatic heterocycles. The predicted octanol–water partition coefficient (Wildman–Crippen LogP) is -1.29. The van der Waals surface area contributed by atoms with Crippen LogP contribution in [0.1, 0.15) is 30.1 Å². The van der Waals surface area contributed by atoms with Gasteiger partial charge in [-0.15, -0.1) is 0 Å². The van der Waals surface area contributed by atoms with Crippen molar-refractivity contribution < 1.29 is 15.3 Å². The van der Waals surface area contributed by atoms with Crippen LogP contribution in [0.3, 0.4) is 0 Å². The molecule has 4 aliphatic rings. The smallest absolute Gasteiger partial charge is 0.381 e. The Labute approximate surface area is 188 Å². The van der Waals surface area contributed by atoms with Crippen molar-refractivity contribution in [1.29, 1.82) is 0 Å². The van der Waals surface area contributed by atoms with Gasteiger partial charge in [-0.1, -0.05) is 6.07 Å². The van der Waals surface area contributed by atoms with Gasteiger partial charge in [-0.2, -0.15) is 9.61 Å². The molecule has 7 rings (SSSR count). The zero-order chi connectivity index (χ0) is 22.9. The number of aromatic nitrogens is 4. The average molecular weight is 446 g/mol. The molecule has 0 spiro atoms. The van der Waals surface area contributed by atoms with Gasteiger partial charge in [0.2, 0.25) is 6.34 Å². The number of hydrogen-bond donors (Lipinski definition) is 4. The number of nitrogens with two attached hydrogens (primary N) is 3. The monoisotopic (exact) mass is 446 g/mol. The maximum atomic E-state index is 12.8. The summed E-state index contributed by atoms with van der Waals surface area (Å²) in [7, 11) is 0. The van der Waals surface area contributed by atoms with Gasteiger partial charge < -0.3 is 21.5 Å².